The van der Waals surface area contributed by atoms with Crippen molar-refractivity contribution in [1.29, 1.82) is 0 Å². The fraction of sp³-hybridized carbons (Fsp3) is 0.944. The lowest BCUT2D eigenvalue weighted by atomic mass is 9.69. The molecule has 0 aromatic rings. The SMILES string of the molecule is CCC(C)(C)C1CCC(NCCC(=O)N2CCCC2)CC1. The molecule has 0 unspecified atom stereocenters. The Labute approximate surface area is 130 Å². The van der Waals surface area contributed by atoms with E-state index in [4.69, 9.17) is 0 Å². The second kappa shape index (κ2) is 7.62. The van der Waals surface area contributed by atoms with Gasteiger partial charge in [-0.25, -0.2) is 0 Å². The van der Waals surface area contributed by atoms with E-state index in [0.29, 0.717) is 23.8 Å². The van der Waals surface area contributed by atoms with Gasteiger partial charge in [-0.1, -0.05) is 27.2 Å². The molecule has 3 nitrogen and oxygen atoms in total. The molecule has 1 amide bonds. The summed E-state index contributed by atoms with van der Waals surface area (Å²) in [7, 11) is 0. The van der Waals surface area contributed by atoms with Crippen molar-refractivity contribution >= 4 is 5.91 Å². The standard InChI is InChI=1S/C18H34N2O/c1-4-18(2,3)15-7-9-16(10-8-15)19-12-11-17(21)20-13-5-6-14-20/h15-16,19H,4-14H2,1-3H3. The Balaban J connectivity index is 1.61. The number of likely N-dealkylation sites (tertiary alicyclic amines) is 1. The van der Waals surface area contributed by atoms with Crippen molar-refractivity contribution in [2.45, 2.75) is 78.2 Å². The largest absolute Gasteiger partial charge is 0.343 e. The minimum absolute atomic E-state index is 0.348. The molecule has 2 fully saturated rings. The van der Waals surface area contributed by atoms with Crippen LogP contribution in [0.1, 0.15) is 72.1 Å². The van der Waals surface area contributed by atoms with Crippen molar-refractivity contribution in [2.24, 2.45) is 11.3 Å². The molecule has 1 aliphatic carbocycles. The van der Waals surface area contributed by atoms with Gasteiger partial charge in [0.15, 0.2) is 0 Å². The monoisotopic (exact) mass is 294 g/mol. The maximum Gasteiger partial charge on any atom is 0.223 e. The van der Waals surface area contributed by atoms with E-state index in [2.05, 4.69) is 26.1 Å². The van der Waals surface area contributed by atoms with Crippen molar-refractivity contribution in [3.63, 3.8) is 0 Å². The zero-order chi connectivity index (χ0) is 15.3. The van der Waals surface area contributed by atoms with Crippen LogP contribution in [0.2, 0.25) is 0 Å². The number of hydrogen-bond acceptors (Lipinski definition) is 2. The van der Waals surface area contributed by atoms with Gasteiger partial charge in [-0.05, 0) is 49.9 Å². The van der Waals surface area contributed by atoms with Crippen LogP contribution in [0.25, 0.3) is 0 Å². The Bertz CT molecular complexity index is 326. The van der Waals surface area contributed by atoms with Crippen molar-refractivity contribution < 1.29 is 4.79 Å². The van der Waals surface area contributed by atoms with Gasteiger partial charge in [0.1, 0.15) is 0 Å². The van der Waals surface area contributed by atoms with Gasteiger partial charge >= 0.3 is 0 Å². The van der Waals surface area contributed by atoms with E-state index in [-0.39, 0.29) is 0 Å². The molecule has 0 atom stereocenters. The molecule has 1 saturated heterocycles. The van der Waals surface area contributed by atoms with Gasteiger partial charge in [0, 0.05) is 32.1 Å². The van der Waals surface area contributed by atoms with Crippen molar-refractivity contribution in [2.75, 3.05) is 19.6 Å². The molecule has 3 heteroatoms. The topological polar surface area (TPSA) is 32.3 Å². The van der Waals surface area contributed by atoms with Crippen molar-refractivity contribution in [3.8, 4) is 0 Å². The maximum atomic E-state index is 12.0. The highest BCUT2D eigenvalue weighted by molar-refractivity contribution is 5.76. The van der Waals surface area contributed by atoms with E-state index in [9.17, 15) is 4.79 Å². The van der Waals surface area contributed by atoms with Crippen molar-refractivity contribution in [3.05, 3.63) is 0 Å². The first-order valence-electron chi connectivity index (χ1n) is 9.04. The van der Waals surface area contributed by atoms with Crippen LogP contribution in [0.5, 0.6) is 0 Å². The highest BCUT2D eigenvalue weighted by atomic mass is 16.2. The number of carbonyl (C=O) groups is 1. The molecule has 1 heterocycles. The minimum Gasteiger partial charge on any atom is -0.343 e. The number of rotatable bonds is 6. The lowest BCUT2D eigenvalue weighted by Gasteiger charge is -2.39. The molecular formula is C18H34N2O. The summed E-state index contributed by atoms with van der Waals surface area (Å²) in [6.07, 6.45) is 9.60. The average Bonchev–Trinajstić information content (AvgIpc) is 3.02. The Morgan fingerprint density at radius 1 is 1.14 bits per heavy atom. The summed E-state index contributed by atoms with van der Waals surface area (Å²) < 4.78 is 0. The number of hydrogen-bond donors (Lipinski definition) is 1. The number of nitrogens with one attached hydrogen (secondary N) is 1. The molecule has 0 radical (unpaired) electrons. The molecule has 122 valence electrons. The smallest absolute Gasteiger partial charge is 0.223 e. The van der Waals surface area contributed by atoms with Crippen LogP contribution in [-0.4, -0.2) is 36.5 Å². The van der Waals surface area contributed by atoms with E-state index >= 15 is 0 Å². The van der Waals surface area contributed by atoms with E-state index in [1.807, 2.05) is 4.90 Å². The predicted molar refractivity (Wildman–Crippen MR) is 88.3 cm³/mol. The van der Waals surface area contributed by atoms with Crippen LogP contribution in [0.3, 0.4) is 0 Å². The van der Waals surface area contributed by atoms with Gasteiger partial charge in [0.2, 0.25) is 5.91 Å². The van der Waals surface area contributed by atoms with Gasteiger partial charge in [0.25, 0.3) is 0 Å². The third-order valence-electron chi connectivity index (χ3n) is 5.97. The zero-order valence-corrected chi connectivity index (χ0v) is 14.3. The number of nitrogens with zero attached hydrogens (tertiary/aromatic N) is 1. The van der Waals surface area contributed by atoms with Crippen molar-refractivity contribution in [1.82, 2.24) is 10.2 Å². The normalized spacial score (nSPS) is 27.1. The minimum atomic E-state index is 0.348. The number of amides is 1. The third-order valence-corrected chi connectivity index (χ3v) is 5.97. The lowest BCUT2D eigenvalue weighted by molar-refractivity contribution is -0.130. The quantitative estimate of drug-likeness (QED) is 0.812. The molecule has 0 bridgehead atoms. The first-order valence-corrected chi connectivity index (χ1v) is 9.04. The van der Waals surface area contributed by atoms with Gasteiger partial charge in [0.05, 0.1) is 0 Å². The third kappa shape index (κ3) is 4.70. The molecule has 2 aliphatic rings. The summed E-state index contributed by atoms with van der Waals surface area (Å²) in [5.74, 6) is 1.23. The average molecular weight is 294 g/mol. The van der Waals surface area contributed by atoms with Crippen LogP contribution < -0.4 is 5.32 Å². The molecule has 21 heavy (non-hydrogen) atoms. The molecule has 1 aliphatic heterocycles. The highest BCUT2D eigenvalue weighted by Gasteiger charge is 2.31. The van der Waals surface area contributed by atoms with Gasteiger partial charge in [-0.3, -0.25) is 4.79 Å². The molecule has 2 rings (SSSR count). The predicted octanol–water partition coefficient (Wildman–Crippen LogP) is 3.58. The summed E-state index contributed by atoms with van der Waals surface area (Å²) in [5, 5.41) is 3.62. The molecule has 0 spiro atoms. The Hall–Kier alpha value is -0.570. The molecular weight excluding hydrogens is 260 g/mol. The molecule has 1 saturated carbocycles. The van der Waals surface area contributed by atoms with E-state index in [1.165, 1.54) is 44.9 Å². The summed E-state index contributed by atoms with van der Waals surface area (Å²) in [6, 6.07) is 0.639. The Morgan fingerprint density at radius 3 is 2.33 bits per heavy atom. The summed E-state index contributed by atoms with van der Waals surface area (Å²) >= 11 is 0. The second-order valence-corrected chi connectivity index (χ2v) is 7.68. The molecule has 0 aromatic heterocycles. The van der Waals surface area contributed by atoms with Crippen LogP contribution in [-0.2, 0) is 4.79 Å². The van der Waals surface area contributed by atoms with E-state index < -0.39 is 0 Å². The van der Waals surface area contributed by atoms with Gasteiger partial charge in [-0.2, -0.15) is 0 Å². The first kappa shape index (κ1) is 16.8. The van der Waals surface area contributed by atoms with Gasteiger partial charge < -0.3 is 10.2 Å². The summed E-state index contributed by atoms with van der Waals surface area (Å²) in [5.41, 5.74) is 0.497. The van der Waals surface area contributed by atoms with Crippen LogP contribution in [0, 0.1) is 11.3 Å². The molecule has 1 N–H and O–H groups in total. The fourth-order valence-corrected chi connectivity index (χ4v) is 3.88. The Morgan fingerprint density at radius 2 is 1.76 bits per heavy atom. The van der Waals surface area contributed by atoms with Crippen LogP contribution in [0.4, 0.5) is 0 Å². The van der Waals surface area contributed by atoms with Crippen LogP contribution in [0.15, 0.2) is 0 Å². The fourth-order valence-electron chi connectivity index (χ4n) is 3.88. The summed E-state index contributed by atoms with van der Waals surface area (Å²) in [4.78, 5) is 14.0. The van der Waals surface area contributed by atoms with Gasteiger partial charge in [-0.15, -0.1) is 0 Å². The second-order valence-electron chi connectivity index (χ2n) is 7.68. The first-order chi connectivity index (χ1) is 10.0. The number of carbonyl (C=O) groups excluding carboxylic acids is 1. The van der Waals surface area contributed by atoms with Crippen LogP contribution >= 0.6 is 0 Å². The van der Waals surface area contributed by atoms with E-state index in [0.717, 1.165) is 25.6 Å². The van der Waals surface area contributed by atoms with E-state index in [1.54, 1.807) is 0 Å². The summed E-state index contributed by atoms with van der Waals surface area (Å²) in [6.45, 7) is 9.97. The highest BCUT2D eigenvalue weighted by Crippen LogP contribution is 2.40. The maximum absolute atomic E-state index is 12.0. The zero-order valence-electron chi connectivity index (χ0n) is 14.3. The molecule has 0 aromatic carbocycles. The lowest BCUT2D eigenvalue weighted by Crippen LogP contribution is -2.38. The Kier molecular flexibility index (Phi) is 6.09.